The molecule has 0 atom stereocenters. The summed E-state index contributed by atoms with van der Waals surface area (Å²) < 4.78 is 60.7. The van der Waals surface area contributed by atoms with Gasteiger partial charge in [0.25, 0.3) is 10.0 Å². The van der Waals surface area contributed by atoms with Gasteiger partial charge in [0.15, 0.2) is 0 Å². The molecule has 36 heavy (non-hydrogen) atoms. The van der Waals surface area contributed by atoms with E-state index in [4.69, 9.17) is 9.72 Å². The van der Waals surface area contributed by atoms with Crippen LogP contribution in [0.2, 0.25) is 0 Å². The summed E-state index contributed by atoms with van der Waals surface area (Å²) >= 11 is 0. The summed E-state index contributed by atoms with van der Waals surface area (Å²) in [5.41, 5.74) is 2.95. The van der Waals surface area contributed by atoms with Crippen LogP contribution < -0.4 is 19.7 Å². The summed E-state index contributed by atoms with van der Waals surface area (Å²) in [4.78, 5) is 10.7. The Balaban J connectivity index is 1.54. The molecule has 8 nitrogen and oxygen atoms in total. The van der Waals surface area contributed by atoms with Gasteiger partial charge in [0.2, 0.25) is 5.88 Å². The van der Waals surface area contributed by atoms with E-state index in [-0.39, 0.29) is 11.6 Å². The van der Waals surface area contributed by atoms with E-state index in [9.17, 15) is 17.2 Å². The lowest BCUT2D eigenvalue weighted by Gasteiger charge is -2.30. The highest BCUT2D eigenvalue weighted by Gasteiger charge is 2.22. The molecule has 11 heteroatoms. The Hall–Kier alpha value is -3.83. The third-order valence-electron chi connectivity index (χ3n) is 5.92. The SMILES string of the molecule is COc1ncc(-c2ccc3cccc(N4CCNCC4)c3n2)cc1NS(=O)(=O)c1ccc(F)cc1F. The molecule has 0 amide bonds. The molecule has 0 bridgehead atoms. The monoisotopic (exact) mass is 511 g/mol. The van der Waals surface area contributed by atoms with E-state index in [1.807, 2.05) is 30.3 Å². The van der Waals surface area contributed by atoms with Crippen LogP contribution in [0.1, 0.15) is 0 Å². The lowest BCUT2D eigenvalue weighted by molar-refractivity contribution is 0.400. The number of fused-ring (bicyclic) bond motifs is 1. The Labute approximate surface area is 207 Å². The Bertz CT molecular complexity index is 1540. The van der Waals surface area contributed by atoms with Crippen LogP contribution in [-0.2, 0) is 10.0 Å². The third kappa shape index (κ3) is 4.67. The van der Waals surface area contributed by atoms with Crippen molar-refractivity contribution in [2.75, 3.05) is 42.9 Å². The molecule has 5 rings (SSSR count). The second kappa shape index (κ2) is 9.67. The maximum atomic E-state index is 14.2. The molecule has 4 aromatic rings. The highest BCUT2D eigenvalue weighted by Crippen LogP contribution is 2.32. The average Bonchev–Trinajstić information content (AvgIpc) is 2.88. The average molecular weight is 512 g/mol. The van der Waals surface area contributed by atoms with Gasteiger partial charge in [-0.15, -0.1) is 0 Å². The number of para-hydroxylation sites is 1. The van der Waals surface area contributed by atoms with Crippen molar-refractivity contribution in [3.63, 3.8) is 0 Å². The van der Waals surface area contributed by atoms with E-state index in [0.717, 1.165) is 54.9 Å². The molecular weight excluding hydrogens is 488 g/mol. The van der Waals surface area contributed by atoms with Crippen LogP contribution in [0.5, 0.6) is 5.88 Å². The number of halogens is 2. The third-order valence-corrected chi connectivity index (χ3v) is 7.32. The number of piperazine rings is 1. The van der Waals surface area contributed by atoms with Crippen LogP contribution in [0.15, 0.2) is 65.7 Å². The molecule has 2 aromatic carbocycles. The summed E-state index contributed by atoms with van der Waals surface area (Å²) in [6.07, 6.45) is 1.52. The van der Waals surface area contributed by atoms with Crippen molar-refractivity contribution < 1.29 is 21.9 Å². The number of benzene rings is 2. The normalized spacial score (nSPS) is 14.1. The van der Waals surface area contributed by atoms with Crippen molar-refractivity contribution in [1.29, 1.82) is 0 Å². The number of pyridine rings is 2. The van der Waals surface area contributed by atoms with Gasteiger partial charge in [-0.05, 0) is 30.3 Å². The minimum atomic E-state index is -4.39. The van der Waals surface area contributed by atoms with Gasteiger partial charge in [0.1, 0.15) is 22.2 Å². The van der Waals surface area contributed by atoms with Crippen molar-refractivity contribution in [2.45, 2.75) is 4.90 Å². The molecule has 0 spiro atoms. The first kappa shape index (κ1) is 23.9. The van der Waals surface area contributed by atoms with Gasteiger partial charge in [-0.2, -0.15) is 0 Å². The number of hydrogen-bond donors (Lipinski definition) is 2. The van der Waals surface area contributed by atoms with Crippen LogP contribution in [0, 0.1) is 11.6 Å². The van der Waals surface area contributed by atoms with E-state index in [1.165, 1.54) is 19.4 Å². The Morgan fingerprint density at radius 1 is 1.06 bits per heavy atom. The molecule has 2 N–H and O–H groups in total. The number of aromatic nitrogens is 2. The van der Waals surface area contributed by atoms with E-state index >= 15 is 0 Å². The maximum Gasteiger partial charge on any atom is 0.264 e. The minimum Gasteiger partial charge on any atom is -0.480 e. The number of sulfonamides is 1. The van der Waals surface area contributed by atoms with Crippen molar-refractivity contribution in [3.8, 4) is 17.1 Å². The fourth-order valence-electron chi connectivity index (χ4n) is 4.17. The Morgan fingerprint density at radius 2 is 1.86 bits per heavy atom. The molecule has 0 radical (unpaired) electrons. The Morgan fingerprint density at radius 3 is 2.61 bits per heavy atom. The van der Waals surface area contributed by atoms with Crippen molar-refractivity contribution in [2.24, 2.45) is 0 Å². The zero-order chi connectivity index (χ0) is 25.3. The summed E-state index contributed by atoms with van der Waals surface area (Å²) in [5, 5.41) is 4.32. The highest BCUT2D eigenvalue weighted by molar-refractivity contribution is 7.92. The van der Waals surface area contributed by atoms with Gasteiger partial charge >= 0.3 is 0 Å². The molecule has 0 unspecified atom stereocenters. The summed E-state index contributed by atoms with van der Waals surface area (Å²) in [6, 6.07) is 13.6. The van der Waals surface area contributed by atoms with E-state index < -0.39 is 26.6 Å². The first-order chi connectivity index (χ1) is 17.4. The van der Waals surface area contributed by atoms with Crippen molar-refractivity contribution in [1.82, 2.24) is 15.3 Å². The number of nitrogens with one attached hydrogen (secondary N) is 2. The molecule has 186 valence electrons. The van der Waals surface area contributed by atoms with Gasteiger partial charge in [-0.3, -0.25) is 4.72 Å². The maximum absolute atomic E-state index is 14.2. The fourth-order valence-corrected chi connectivity index (χ4v) is 5.28. The number of methoxy groups -OCH3 is 1. The summed E-state index contributed by atoms with van der Waals surface area (Å²) in [5.74, 6) is -2.09. The highest BCUT2D eigenvalue weighted by atomic mass is 32.2. The lowest BCUT2D eigenvalue weighted by Crippen LogP contribution is -2.43. The van der Waals surface area contributed by atoms with E-state index in [0.29, 0.717) is 17.3 Å². The van der Waals surface area contributed by atoms with Crippen LogP contribution in [-0.4, -0.2) is 51.7 Å². The molecule has 1 aliphatic heterocycles. The number of rotatable bonds is 6. The largest absolute Gasteiger partial charge is 0.480 e. The second-order valence-electron chi connectivity index (χ2n) is 8.24. The van der Waals surface area contributed by atoms with Crippen LogP contribution >= 0.6 is 0 Å². The van der Waals surface area contributed by atoms with Gasteiger partial charge in [-0.1, -0.05) is 18.2 Å². The molecular formula is C25H23F2N5O3S. The number of hydrogen-bond acceptors (Lipinski definition) is 7. The van der Waals surface area contributed by atoms with Crippen molar-refractivity contribution >= 4 is 32.3 Å². The predicted molar refractivity (Wildman–Crippen MR) is 134 cm³/mol. The lowest BCUT2D eigenvalue weighted by atomic mass is 10.1. The number of anilines is 2. The minimum absolute atomic E-state index is 0.00369. The standard InChI is InChI=1S/C25H23F2N5O3S/c1-35-25-21(31-36(33,34)23-8-6-18(26)14-19(23)27)13-17(15-29-25)20-7-5-16-3-2-4-22(24(16)30-20)32-11-9-28-10-12-32/h2-8,13-15,28,31H,9-12H2,1H3. The summed E-state index contributed by atoms with van der Waals surface area (Å²) in [6.45, 7) is 3.50. The molecule has 1 fully saturated rings. The predicted octanol–water partition coefficient (Wildman–Crippen LogP) is 3.79. The first-order valence-electron chi connectivity index (χ1n) is 11.2. The Kier molecular flexibility index (Phi) is 6.42. The zero-order valence-electron chi connectivity index (χ0n) is 19.3. The quantitative estimate of drug-likeness (QED) is 0.407. The molecule has 2 aromatic heterocycles. The smallest absolute Gasteiger partial charge is 0.264 e. The molecule has 0 saturated carbocycles. The zero-order valence-corrected chi connectivity index (χ0v) is 20.1. The van der Waals surface area contributed by atoms with E-state index in [1.54, 1.807) is 0 Å². The first-order valence-corrected chi connectivity index (χ1v) is 12.7. The van der Waals surface area contributed by atoms with Gasteiger partial charge in [0.05, 0.1) is 24.0 Å². The molecule has 3 heterocycles. The number of ether oxygens (including phenoxy) is 1. The fraction of sp³-hybridized carbons (Fsp3) is 0.200. The van der Waals surface area contributed by atoms with Crippen LogP contribution in [0.25, 0.3) is 22.2 Å². The molecule has 1 saturated heterocycles. The molecule has 1 aliphatic rings. The van der Waals surface area contributed by atoms with Gasteiger partial charge in [0, 0.05) is 49.4 Å². The van der Waals surface area contributed by atoms with Gasteiger partial charge < -0.3 is 15.0 Å². The van der Waals surface area contributed by atoms with Gasteiger partial charge in [-0.25, -0.2) is 27.2 Å². The van der Waals surface area contributed by atoms with Crippen LogP contribution in [0.4, 0.5) is 20.2 Å². The second-order valence-corrected chi connectivity index (χ2v) is 9.89. The topological polar surface area (TPSA) is 96.4 Å². The summed E-state index contributed by atoms with van der Waals surface area (Å²) in [7, 11) is -3.05. The number of nitrogens with zero attached hydrogens (tertiary/aromatic N) is 3. The van der Waals surface area contributed by atoms with E-state index in [2.05, 4.69) is 19.9 Å². The van der Waals surface area contributed by atoms with Crippen LogP contribution in [0.3, 0.4) is 0 Å². The molecule has 0 aliphatic carbocycles. The van der Waals surface area contributed by atoms with Crippen molar-refractivity contribution in [3.05, 3.63) is 72.4 Å².